The van der Waals surface area contributed by atoms with Crippen molar-refractivity contribution in [3.63, 3.8) is 0 Å². The van der Waals surface area contributed by atoms with Crippen LogP contribution in [0.5, 0.6) is 0 Å². The molecule has 0 fully saturated rings. The monoisotopic (exact) mass is 317 g/mol. The molecule has 0 bridgehead atoms. The maximum Gasteiger partial charge on any atom is 0.323 e. The first-order valence-electron chi connectivity index (χ1n) is 7.37. The standard InChI is InChI=1S/C18H20ClNO2/c1-2-22-18(21)17(12-14-8-10-16(19)11-9-14)20-13-15-6-4-3-5-7-15/h3-11,17,20H,2,12-13H2,1H3. The van der Waals surface area contributed by atoms with E-state index in [1.165, 1.54) is 0 Å². The average molecular weight is 318 g/mol. The predicted molar refractivity (Wildman–Crippen MR) is 88.9 cm³/mol. The first-order valence-corrected chi connectivity index (χ1v) is 7.75. The third kappa shape index (κ3) is 5.17. The van der Waals surface area contributed by atoms with Crippen LogP contribution in [-0.2, 0) is 22.5 Å². The molecule has 2 aromatic carbocycles. The minimum Gasteiger partial charge on any atom is -0.465 e. The summed E-state index contributed by atoms with van der Waals surface area (Å²) < 4.78 is 5.16. The normalized spacial score (nSPS) is 11.9. The molecule has 2 rings (SSSR count). The summed E-state index contributed by atoms with van der Waals surface area (Å²) >= 11 is 5.89. The van der Waals surface area contributed by atoms with E-state index >= 15 is 0 Å². The number of benzene rings is 2. The van der Waals surface area contributed by atoms with E-state index in [0.717, 1.165) is 11.1 Å². The van der Waals surface area contributed by atoms with E-state index in [4.69, 9.17) is 16.3 Å². The van der Waals surface area contributed by atoms with Crippen LogP contribution in [0.2, 0.25) is 5.02 Å². The number of carbonyl (C=O) groups excluding carboxylic acids is 1. The van der Waals surface area contributed by atoms with Crippen molar-refractivity contribution in [2.24, 2.45) is 0 Å². The van der Waals surface area contributed by atoms with Gasteiger partial charge in [-0.05, 0) is 36.6 Å². The van der Waals surface area contributed by atoms with Gasteiger partial charge in [0.2, 0.25) is 0 Å². The van der Waals surface area contributed by atoms with E-state index in [9.17, 15) is 4.79 Å². The third-order valence-corrected chi connectivity index (χ3v) is 3.57. The van der Waals surface area contributed by atoms with E-state index in [0.29, 0.717) is 24.6 Å². The summed E-state index contributed by atoms with van der Waals surface area (Å²) in [4.78, 5) is 12.1. The molecule has 0 aliphatic heterocycles. The summed E-state index contributed by atoms with van der Waals surface area (Å²) in [6, 6.07) is 17.1. The van der Waals surface area contributed by atoms with Crippen LogP contribution in [0.3, 0.4) is 0 Å². The maximum atomic E-state index is 12.1. The maximum absolute atomic E-state index is 12.1. The van der Waals surface area contributed by atoms with Crippen LogP contribution in [0, 0.1) is 0 Å². The molecule has 2 aromatic rings. The molecule has 0 saturated heterocycles. The number of ether oxygens (including phenoxy) is 1. The smallest absolute Gasteiger partial charge is 0.323 e. The van der Waals surface area contributed by atoms with Crippen LogP contribution in [0.4, 0.5) is 0 Å². The van der Waals surface area contributed by atoms with Crippen LogP contribution in [-0.4, -0.2) is 18.6 Å². The number of nitrogens with one attached hydrogen (secondary N) is 1. The van der Waals surface area contributed by atoms with Gasteiger partial charge in [-0.2, -0.15) is 0 Å². The van der Waals surface area contributed by atoms with Crippen molar-refractivity contribution in [3.8, 4) is 0 Å². The molecular formula is C18H20ClNO2. The van der Waals surface area contributed by atoms with Crippen molar-refractivity contribution >= 4 is 17.6 Å². The Morgan fingerprint density at radius 1 is 1.09 bits per heavy atom. The highest BCUT2D eigenvalue weighted by molar-refractivity contribution is 6.30. The molecule has 1 atom stereocenters. The molecule has 3 nitrogen and oxygen atoms in total. The molecule has 22 heavy (non-hydrogen) atoms. The minimum atomic E-state index is -0.374. The van der Waals surface area contributed by atoms with Gasteiger partial charge in [0, 0.05) is 11.6 Å². The van der Waals surface area contributed by atoms with Crippen molar-refractivity contribution in [2.75, 3.05) is 6.61 Å². The molecular weight excluding hydrogens is 298 g/mol. The van der Waals surface area contributed by atoms with Crippen LogP contribution in [0.1, 0.15) is 18.1 Å². The molecule has 4 heteroatoms. The Morgan fingerprint density at radius 2 is 1.77 bits per heavy atom. The molecule has 116 valence electrons. The summed E-state index contributed by atoms with van der Waals surface area (Å²) in [5.74, 6) is -0.228. The number of hydrogen-bond donors (Lipinski definition) is 1. The second kappa shape index (κ2) is 8.57. The molecule has 0 aliphatic rings. The summed E-state index contributed by atoms with van der Waals surface area (Å²) in [6.07, 6.45) is 0.572. The second-order valence-electron chi connectivity index (χ2n) is 5.00. The van der Waals surface area contributed by atoms with Crippen LogP contribution in [0.15, 0.2) is 54.6 Å². The molecule has 0 radical (unpaired) electrons. The Morgan fingerprint density at radius 3 is 2.41 bits per heavy atom. The Kier molecular flexibility index (Phi) is 6.44. The first kappa shape index (κ1) is 16.5. The predicted octanol–water partition coefficient (Wildman–Crippen LogP) is 3.60. The van der Waals surface area contributed by atoms with E-state index in [1.807, 2.05) is 61.5 Å². The highest BCUT2D eigenvalue weighted by Gasteiger charge is 2.19. The lowest BCUT2D eigenvalue weighted by atomic mass is 10.1. The molecule has 1 unspecified atom stereocenters. The molecule has 0 aromatic heterocycles. The molecule has 1 N–H and O–H groups in total. The SMILES string of the molecule is CCOC(=O)C(Cc1ccc(Cl)cc1)NCc1ccccc1. The lowest BCUT2D eigenvalue weighted by Gasteiger charge is -2.17. The zero-order chi connectivity index (χ0) is 15.8. The number of hydrogen-bond acceptors (Lipinski definition) is 3. The van der Waals surface area contributed by atoms with Crippen molar-refractivity contribution in [1.82, 2.24) is 5.32 Å². The Balaban J connectivity index is 2.02. The number of rotatable bonds is 7. The number of halogens is 1. The molecule has 0 amide bonds. The topological polar surface area (TPSA) is 38.3 Å². The fourth-order valence-corrected chi connectivity index (χ4v) is 2.30. The summed E-state index contributed by atoms with van der Waals surface area (Å²) in [6.45, 7) is 2.81. The average Bonchev–Trinajstić information content (AvgIpc) is 2.54. The van der Waals surface area contributed by atoms with Crippen molar-refractivity contribution in [1.29, 1.82) is 0 Å². The zero-order valence-electron chi connectivity index (χ0n) is 12.6. The summed E-state index contributed by atoms with van der Waals surface area (Å²) in [5.41, 5.74) is 2.18. The van der Waals surface area contributed by atoms with Crippen molar-refractivity contribution < 1.29 is 9.53 Å². The highest BCUT2D eigenvalue weighted by atomic mass is 35.5. The minimum absolute atomic E-state index is 0.228. The lowest BCUT2D eigenvalue weighted by Crippen LogP contribution is -2.39. The number of esters is 1. The first-order chi connectivity index (χ1) is 10.7. The number of carbonyl (C=O) groups is 1. The van der Waals surface area contributed by atoms with E-state index in [1.54, 1.807) is 0 Å². The molecule has 0 saturated carbocycles. The van der Waals surface area contributed by atoms with Crippen LogP contribution < -0.4 is 5.32 Å². The van der Waals surface area contributed by atoms with Crippen molar-refractivity contribution in [2.45, 2.75) is 25.9 Å². The zero-order valence-corrected chi connectivity index (χ0v) is 13.3. The van der Waals surface area contributed by atoms with Crippen LogP contribution >= 0.6 is 11.6 Å². The van der Waals surface area contributed by atoms with Gasteiger partial charge in [0.05, 0.1) is 6.61 Å². The fourth-order valence-electron chi connectivity index (χ4n) is 2.17. The third-order valence-electron chi connectivity index (χ3n) is 3.32. The Labute approximate surface area is 136 Å². The highest BCUT2D eigenvalue weighted by Crippen LogP contribution is 2.12. The van der Waals surface area contributed by atoms with Crippen molar-refractivity contribution in [3.05, 3.63) is 70.7 Å². The van der Waals surface area contributed by atoms with E-state index < -0.39 is 0 Å². The Bertz CT molecular complexity index is 584. The van der Waals surface area contributed by atoms with E-state index in [-0.39, 0.29) is 12.0 Å². The van der Waals surface area contributed by atoms with Gasteiger partial charge in [0.15, 0.2) is 0 Å². The quantitative estimate of drug-likeness (QED) is 0.793. The van der Waals surface area contributed by atoms with Gasteiger partial charge in [-0.15, -0.1) is 0 Å². The van der Waals surface area contributed by atoms with Gasteiger partial charge >= 0.3 is 5.97 Å². The molecule has 0 aliphatic carbocycles. The summed E-state index contributed by atoms with van der Waals surface area (Å²) in [5, 5.41) is 3.96. The van der Waals surface area contributed by atoms with Gasteiger partial charge in [-0.3, -0.25) is 4.79 Å². The van der Waals surface area contributed by atoms with Gasteiger partial charge in [-0.25, -0.2) is 0 Å². The second-order valence-corrected chi connectivity index (χ2v) is 5.44. The molecule has 0 spiro atoms. The lowest BCUT2D eigenvalue weighted by molar-refractivity contribution is -0.145. The van der Waals surface area contributed by atoms with Gasteiger partial charge in [-0.1, -0.05) is 54.1 Å². The summed E-state index contributed by atoms with van der Waals surface area (Å²) in [7, 11) is 0. The van der Waals surface area contributed by atoms with Crippen LogP contribution in [0.25, 0.3) is 0 Å². The molecule has 0 heterocycles. The fraction of sp³-hybridized carbons (Fsp3) is 0.278. The van der Waals surface area contributed by atoms with Gasteiger partial charge < -0.3 is 10.1 Å². The Hall–Kier alpha value is -1.84. The van der Waals surface area contributed by atoms with E-state index in [2.05, 4.69) is 5.32 Å². The van der Waals surface area contributed by atoms with Gasteiger partial charge in [0.1, 0.15) is 6.04 Å². The largest absolute Gasteiger partial charge is 0.465 e. The van der Waals surface area contributed by atoms with Gasteiger partial charge in [0.25, 0.3) is 0 Å².